The van der Waals surface area contributed by atoms with E-state index in [0.29, 0.717) is 6.04 Å². The number of hydrazone groups is 1. The average Bonchev–Trinajstić information content (AvgIpc) is 3.03. The minimum atomic E-state index is 0.605. The maximum atomic E-state index is 6.18. The number of rotatable bonds is 6. The summed E-state index contributed by atoms with van der Waals surface area (Å²) in [7, 11) is 1.94. The quantitative estimate of drug-likeness (QED) is 0.606. The molecule has 0 radical (unpaired) electrons. The number of halogens is 1. The first kappa shape index (κ1) is 16.2. The van der Waals surface area contributed by atoms with Crippen molar-refractivity contribution in [3.8, 4) is 0 Å². The Labute approximate surface area is 133 Å². The molecule has 0 spiro atoms. The van der Waals surface area contributed by atoms with Crippen molar-refractivity contribution in [2.24, 2.45) is 5.10 Å². The van der Waals surface area contributed by atoms with Crippen LogP contribution < -0.4 is 5.32 Å². The van der Waals surface area contributed by atoms with Gasteiger partial charge >= 0.3 is 0 Å². The summed E-state index contributed by atoms with van der Waals surface area (Å²) in [5.74, 6) is 0. The highest BCUT2D eigenvalue weighted by Gasteiger charge is 2.21. The van der Waals surface area contributed by atoms with Crippen LogP contribution in [0.3, 0.4) is 0 Å². The second-order valence-electron chi connectivity index (χ2n) is 5.53. The lowest BCUT2D eigenvalue weighted by Crippen LogP contribution is -2.29. The molecular weight excluding hydrogens is 282 g/mol. The van der Waals surface area contributed by atoms with Crippen molar-refractivity contribution in [3.05, 3.63) is 28.8 Å². The molecule has 0 aliphatic heterocycles. The Balaban J connectivity index is 2.32. The summed E-state index contributed by atoms with van der Waals surface area (Å²) in [6.07, 6.45) is 6.10. The van der Waals surface area contributed by atoms with Gasteiger partial charge in [0.15, 0.2) is 0 Å². The molecule has 4 heteroatoms. The molecular formula is C17H26ClN3. The van der Waals surface area contributed by atoms with E-state index in [1.54, 1.807) is 0 Å². The van der Waals surface area contributed by atoms with Crippen molar-refractivity contribution in [3.63, 3.8) is 0 Å². The van der Waals surface area contributed by atoms with E-state index in [2.05, 4.69) is 24.2 Å². The zero-order valence-corrected chi connectivity index (χ0v) is 14.1. The van der Waals surface area contributed by atoms with E-state index in [-0.39, 0.29) is 0 Å². The van der Waals surface area contributed by atoms with E-state index in [1.165, 1.54) is 25.7 Å². The van der Waals surface area contributed by atoms with Gasteiger partial charge in [-0.05, 0) is 44.4 Å². The van der Waals surface area contributed by atoms with Gasteiger partial charge in [-0.25, -0.2) is 0 Å². The van der Waals surface area contributed by atoms with Crippen LogP contribution in [0.2, 0.25) is 5.02 Å². The van der Waals surface area contributed by atoms with E-state index in [4.69, 9.17) is 16.7 Å². The summed E-state index contributed by atoms with van der Waals surface area (Å²) in [4.78, 5) is 0. The van der Waals surface area contributed by atoms with E-state index >= 15 is 0 Å². The second kappa shape index (κ2) is 7.69. The molecule has 0 atom stereocenters. The zero-order valence-electron chi connectivity index (χ0n) is 13.3. The largest absolute Gasteiger partial charge is 0.388 e. The topological polar surface area (TPSA) is 27.6 Å². The van der Waals surface area contributed by atoms with Gasteiger partial charge in [-0.2, -0.15) is 5.10 Å². The summed E-state index contributed by atoms with van der Waals surface area (Å²) < 4.78 is 0. The summed E-state index contributed by atoms with van der Waals surface area (Å²) in [5.41, 5.74) is 3.31. The van der Waals surface area contributed by atoms with Crippen LogP contribution in [-0.4, -0.2) is 30.4 Å². The third-order valence-corrected chi connectivity index (χ3v) is 4.45. The monoisotopic (exact) mass is 307 g/mol. The molecule has 0 aromatic heterocycles. The predicted octanol–water partition coefficient (Wildman–Crippen LogP) is 4.76. The van der Waals surface area contributed by atoms with Gasteiger partial charge in [0.2, 0.25) is 0 Å². The summed E-state index contributed by atoms with van der Waals surface area (Å²) in [6.45, 7) is 5.30. The van der Waals surface area contributed by atoms with Crippen LogP contribution in [-0.2, 0) is 0 Å². The van der Waals surface area contributed by atoms with Gasteiger partial charge in [0.05, 0.1) is 5.71 Å². The fourth-order valence-electron chi connectivity index (χ4n) is 3.06. The van der Waals surface area contributed by atoms with Crippen LogP contribution in [0.4, 0.5) is 5.69 Å². The molecule has 0 heterocycles. The molecule has 1 fully saturated rings. The smallest absolute Gasteiger partial charge is 0.0696 e. The molecule has 116 valence electrons. The number of benzene rings is 1. The third kappa shape index (κ3) is 3.91. The Kier molecular flexibility index (Phi) is 5.92. The number of nitrogens with one attached hydrogen (secondary N) is 1. The molecule has 3 nitrogen and oxygen atoms in total. The highest BCUT2D eigenvalue weighted by molar-refractivity contribution is 6.31. The molecule has 21 heavy (non-hydrogen) atoms. The van der Waals surface area contributed by atoms with Crippen molar-refractivity contribution < 1.29 is 0 Å². The zero-order chi connectivity index (χ0) is 15.2. The van der Waals surface area contributed by atoms with Gasteiger partial charge in [0.1, 0.15) is 0 Å². The van der Waals surface area contributed by atoms with Crippen molar-refractivity contribution in [1.29, 1.82) is 0 Å². The van der Waals surface area contributed by atoms with Gasteiger partial charge < -0.3 is 5.32 Å². The summed E-state index contributed by atoms with van der Waals surface area (Å²) >= 11 is 6.18. The molecule has 1 aromatic rings. The molecule has 0 bridgehead atoms. The van der Waals surface area contributed by atoms with Gasteiger partial charge in [-0.3, -0.25) is 5.01 Å². The average molecular weight is 308 g/mol. The van der Waals surface area contributed by atoms with Gasteiger partial charge in [0, 0.05) is 35.9 Å². The first-order valence-electron chi connectivity index (χ1n) is 8.01. The van der Waals surface area contributed by atoms with Crippen LogP contribution in [0.1, 0.15) is 51.5 Å². The fraction of sp³-hybridized carbons (Fsp3) is 0.588. The standard InChI is InChI=1S/C17H26ClN3/c1-4-16(15-12-13(18)10-11-17(15)19-3)20-21(5-2)14-8-6-7-9-14/h10-12,14,19H,4-9H2,1-3H3/b20-16+. The molecule has 1 aliphatic carbocycles. The van der Waals surface area contributed by atoms with Crippen molar-refractivity contribution in [2.45, 2.75) is 52.0 Å². The lowest BCUT2D eigenvalue weighted by molar-refractivity contribution is 0.218. The lowest BCUT2D eigenvalue weighted by atomic mass is 10.1. The van der Waals surface area contributed by atoms with E-state index < -0.39 is 0 Å². The van der Waals surface area contributed by atoms with Crippen LogP contribution in [0.5, 0.6) is 0 Å². The van der Waals surface area contributed by atoms with Crippen molar-refractivity contribution in [1.82, 2.24) is 5.01 Å². The number of hydrogen-bond donors (Lipinski definition) is 1. The number of hydrogen-bond acceptors (Lipinski definition) is 3. The maximum absolute atomic E-state index is 6.18. The van der Waals surface area contributed by atoms with E-state index in [9.17, 15) is 0 Å². The number of nitrogens with zero attached hydrogens (tertiary/aromatic N) is 2. The second-order valence-corrected chi connectivity index (χ2v) is 5.97. The molecule has 1 aromatic carbocycles. The van der Waals surface area contributed by atoms with Gasteiger partial charge in [-0.15, -0.1) is 0 Å². The summed E-state index contributed by atoms with van der Waals surface area (Å²) in [5, 5.41) is 11.2. The molecule has 1 saturated carbocycles. The molecule has 1 aliphatic rings. The lowest BCUT2D eigenvalue weighted by Gasteiger charge is -2.26. The Hall–Kier alpha value is -1.22. The molecule has 0 unspecified atom stereocenters. The van der Waals surface area contributed by atoms with Crippen molar-refractivity contribution in [2.75, 3.05) is 18.9 Å². The van der Waals surface area contributed by atoms with Crippen LogP contribution in [0.15, 0.2) is 23.3 Å². The SMILES string of the molecule is CC/C(=N\N(CC)C1CCCC1)c1cc(Cl)ccc1NC. The van der Waals surface area contributed by atoms with E-state index in [1.807, 2.05) is 25.2 Å². The molecule has 0 saturated heterocycles. The molecule has 1 N–H and O–H groups in total. The van der Waals surface area contributed by atoms with Crippen LogP contribution in [0, 0.1) is 0 Å². The number of anilines is 1. The van der Waals surface area contributed by atoms with Crippen LogP contribution >= 0.6 is 11.6 Å². The fourth-order valence-corrected chi connectivity index (χ4v) is 3.23. The van der Waals surface area contributed by atoms with Crippen molar-refractivity contribution >= 4 is 23.0 Å². The Bertz CT molecular complexity index is 493. The third-order valence-electron chi connectivity index (χ3n) is 4.22. The van der Waals surface area contributed by atoms with Gasteiger partial charge in [-0.1, -0.05) is 31.4 Å². The Morgan fingerprint density at radius 3 is 2.62 bits per heavy atom. The normalized spacial score (nSPS) is 16.3. The molecule has 2 rings (SSSR count). The van der Waals surface area contributed by atoms with Gasteiger partial charge in [0.25, 0.3) is 0 Å². The Morgan fingerprint density at radius 2 is 2.05 bits per heavy atom. The van der Waals surface area contributed by atoms with Crippen LogP contribution in [0.25, 0.3) is 0 Å². The minimum Gasteiger partial charge on any atom is -0.388 e. The highest BCUT2D eigenvalue weighted by atomic mass is 35.5. The minimum absolute atomic E-state index is 0.605. The molecule has 0 amide bonds. The Morgan fingerprint density at radius 1 is 1.33 bits per heavy atom. The first-order chi connectivity index (χ1) is 10.2. The highest BCUT2D eigenvalue weighted by Crippen LogP contribution is 2.26. The van der Waals surface area contributed by atoms with E-state index in [0.717, 1.165) is 35.0 Å². The summed E-state index contributed by atoms with van der Waals surface area (Å²) in [6, 6.07) is 6.56. The predicted molar refractivity (Wildman–Crippen MR) is 92.5 cm³/mol. The maximum Gasteiger partial charge on any atom is 0.0696 e. The first-order valence-corrected chi connectivity index (χ1v) is 8.39.